The zero-order chi connectivity index (χ0) is 14.3. The Bertz CT molecular complexity index is 832. The van der Waals surface area contributed by atoms with Gasteiger partial charge in [0.1, 0.15) is 0 Å². The van der Waals surface area contributed by atoms with Gasteiger partial charge in [0, 0.05) is 18.8 Å². The molecule has 0 unspecified atom stereocenters. The van der Waals surface area contributed by atoms with Gasteiger partial charge >= 0.3 is 5.76 Å². The van der Waals surface area contributed by atoms with Gasteiger partial charge in [0.05, 0.1) is 16.9 Å². The highest BCUT2D eigenvalue weighted by atomic mass is 16.4. The number of anilines is 3. The van der Waals surface area contributed by atoms with Gasteiger partial charge < -0.3 is 15.1 Å². The first-order valence-electron chi connectivity index (χ1n) is 6.28. The average molecular weight is 269 g/mol. The zero-order valence-electron chi connectivity index (χ0n) is 11.3. The molecule has 3 rings (SSSR count). The second-order valence-electron chi connectivity index (χ2n) is 4.77. The topological polar surface area (TPSA) is 75.3 Å². The molecule has 0 aliphatic heterocycles. The number of H-pyrrole nitrogens is 1. The zero-order valence-corrected chi connectivity index (χ0v) is 11.3. The van der Waals surface area contributed by atoms with Gasteiger partial charge in [-0.3, -0.25) is 4.98 Å². The molecule has 0 atom stereocenters. The summed E-state index contributed by atoms with van der Waals surface area (Å²) in [6, 6.07) is 11.5. The van der Waals surface area contributed by atoms with Crippen LogP contribution >= 0.6 is 0 Å². The SMILES string of the molecule is Cc1ccccc1N(C)c1cc2[nH]c(=O)oc2cc1N. The fourth-order valence-electron chi connectivity index (χ4n) is 2.36. The Morgan fingerprint density at radius 1 is 1.20 bits per heavy atom. The third-order valence-corrected chi connectivity index (χ3v) is 3.41. The van der Waals surface area contributed by atoms with Gasteiger partial charge in [0.2, 0.25) is 0 Å². The van der Waals surface area contributed by atoms with Gasteiger partial charge in [0.25, 0.3) is 0 Å². The summed E-state index contributed by atoms with van der Waals surface area (Å²) in [5, 5.41) is 0. The van der Waals surface area contributed by atoms with Gasteiger partial charge in [0.15, 0.2) is 5.58 Å². The van der Waals surface area contributed by atoms with E-state index in [2.05, 4.69) is 4.98 Å². The minimum atomic E-state index is -0.477. The Hall–Kier alpha value is -2.69. The first-order chi connectivity index (χ1) is 9.56. The summed E-state index contributed by atoms with van der Waals surface area (Å²) in [5.41, 5.74) is 10.8. The van der Waals surface area contributed by atoms with E-state index in [9.17, 15) is 4.79 Å². The van der Waals surface area contributed by atoms with Crippen molar-refractivity contribution in [1.82, 2.24) is 4.98 Å². The van der Waals surface area contributed by atoms with Crippen LogP contribution in [-0.2, 0) is 0 Å². The van der Waals surface area contributed by atoms with Gasteiger partial charge in [-0.1, -0.05) is 18.2 Å². The van der Waals surface area contributed by atoms with Gasteiger partial charge in [-0.2, -0.15) is 0 Å². The number of hydrogen-bond acceptors (Lipinski definition) is 4. The van der Waals surface area contributed by atoms with Crippen molar-refractivity contribution >= 4 is 28.2 Å². The molecule has 3 N–H and O–H groups in total. The summed E-state index contributed by atoms with van der Waals surface area (Å²) in [6.45, 7) is 2.04. The number of nitrogen functional groups attached to an aromatic ring is 1. The van der Waals surface area contributed by atoms with E-state index in [1.807, 2.05) is 49.2 Å². The molecule has 0 spiro atoms. The lowest BCUT2D eigenvalue weighted by Crippen LogP contribution is -2.12. The summed E-state index contributed by atoms with van der Waals surface area (Å²) in [6.07, 6.45) is 0. The van der Waals surface area contributed by atoms with Crippen molar-refractivity contribution in [2.24, 2.45) is 0 Å². The molecule has 20 heavy (non-hydrogen) atoms. The molecule has 0 amide bonds. The molecule has 2 aromatic carbocycles. The number of nitrogens with two attached hydrogens (primary N) is 1. The maximum Gasteiger partial charge on any atom is 0.417 e. The summed E-state index contributed by atoms with van der Waals surface area (Å²) in [7, 11) is 1.94. The summed E-state index contributed by atoms with van der Waals surface area (Å²) >= 11 is 0. The highest BCUT2D eigenvalue weighted by Gasteiger charge is 2.12. The van der Waals surface area contributed by atoms with Crippen LogP contribution in [0.2, 0.25) is 0 Å². The Kier molecular flexibility index (Phi) is 2.75. The lowest BCUT2D eigenvalue weighted by molar-refractivity contribution is 0.555. The first kappa shape index (κ1) is 12.3. The van der Waals surface area contributed by atoms with Crippen molar-refractivity contribution in [1.29, 1.82) is 0 Å². The molecule has 0 bridgehead atoms. The number of nitrogens with one attached hydrogen (secondary N) is 1. The van der Waals surface area contributed by atoms with Gasteiger partial charge in [-0.05, 0) is 24.6 Å². The number of benzene rings is 2. The molecule has 0 fully saturated rings. The predicted molar refractivity (Wildman–Crippen MR) is 80.5 cm³/mol. The number of aromatic amines is 1. The van der Waals surface area contributed by atoms with E-state index in [0.717, 1.165) is 16.9 Å². The molecule has 5 nitrogen and oxygen atoms in total. The maximum atomic E-state index is 11.2. The maximum absolute atomic E-state index is 11.2. The van der Waals surface area contributed by atoms with Crippen molar-refractivity contribution < 1.29 is 4.42 Å². The van der Waals surface area contributed by atoms with Crippen LogP contribution in [-0.4, -0.2) is 12.0 Å². The van der Waals surface area contributed by atoms with E-state index < -0.39 is 5.76 Å². The molecule has 0 aliphatic rings. The second-order valence-corrected chi connectivity index (χ2v) is 4.77. The minimum absolute atomic E-state index is 0.467. The number of aromatic nitrogens is 1. The summed E-state index contributed by atoms with van der Waals surface area (Å²) < 4.78 is 5.00. The molecular weight excluding hydrogens is 254 g/mol. The highest BCUT2D eigenvalue weighted by Crippen LogP contribution is 2.33. The number of rotatable bonds is 2. The van der Waals surface area contributed by atoms with Crippen LogP contribution in [0.25, 0.3) is 11.1 Å². The van der Waals surface area contributed by atoms with Crippen molar-refractivity contribution in [2.45, 2.75) is 6.92 Å². The third kappa shape index (κ3) is 1.93. The van der Waals surface area contributed by atoms with E-state index in [4.69, 9.17) is 10.2 Å². The van der Waals surface area contributed by atoms with Crippen LogP contribution in [0.1, 0.15) is 5.56 Å². The molecule has 0 aliphatic carbocycles. The van der Waals surface area contributed by atoms with Crippen LogP contribution < -0.4 is 16.4 Å². The predicted octanol–water partition coefficient (Wildman–Crippen LogP) is 2.78. The van der Waals surface area contributed by atoms with Crippen LogP contribution in [0.4, 0.5) is 17.1 Å². The lowest BCUT2D eigenvalue weighted by Gasteiger charge is -2.23. The monoisotopic (exact) mass is 269 g/mol. The molecule has 0 saturated heterocycles. The van der Waals surface area contributed by atoms with Crippen molar-refractivity contribution in [3.05, 3.63) is 52.5 Å². The largest absolute Gasteiger partial charge is 0.417 e. The van der Waals surface area contributed by atoms with Crippen LogP contribution in [0, 0.1) is 6.92 Å². The molecular formula is C15H15N3O2. The van der Waals surface area contributed by atoms with Gasteiger partial charge in [-0.25, -0.2) is 4.79 Å². The number of aryl methyl sites for hydroxylation is 1. The molecule has 0 radical (unpaired) electrons. The number of para-hydroxylation sites is 1. The lowest BCUT2D eigenvalue weighted by atomic mass is 10.1. The molecule has 3 aromatic rings. The van der Waals surface area contributed by atoms with Crippen molar-refractivity contribution in [3.63, 3.8) is 0 Å². The van der Waals surface area contributed by atoms with Crippen molar-refractivity contribution in [2.75, 3.05) is 17.7 Å². The molecule has 0 saturated carbocycles. The third-order valence-electron chi connectivity index (χ3n) is 3.41. The summed E-state index contributed by atoms with van der Waals surface area (Å²) in [4.78, 5) is 15.9. The number of nitrogens with zero attached hydrogens (tertiary/aromatic N) is 1. The quantitative estimate of drug-likeness (QED) is 0.701. The van der Waals surface area contributed by atoms with Crippen LogP contribution in [0.15, 0.2) is 45.6 Å². The smallest absolute Gasteiger partial charge is 0.408 e. The normalized spacial score (nSPS) is 10.9. The number of hydrogen-bond donors (Lipinski definition) is 2. The average Bonchev–Trinajstić information content (AvgIpc) is 2.76. The first-order valence-corrected chi connectivity index (χ1v) is 6.28. The summed E-state index contributed by atoms with van der Waals surface area (Å²) in [5.74, 6) is -0.477. The molecule has 102 valence electrons. The fraction of sp³-hybridized carbons (Fsp3) is 0.133. The Labute approximate surface area is 115 Å². The van der Waals surface area contributed by atoms with Gasteiger partial charge in [-0.15, -0.1) is 0 Å². The molecule has 1 heterocycles. The van der Waals surface area contributed by atoms with E-state index >= 15 is 0 Å². The van der Waals surface area contributed by atoms with E-state index in [1.165, 1.54) is 0 Å². The molecule has 5 heteroatoms. The molecule has 1 aromatic heterocycles. The van der Waals surface area contributed by atoms with Crippen molar-refractivity contribution in [3.8, 4) is 0 Å². The number of oxazole rings is 1. The second kappa shape index (κ2) is 4.45. The van der Waals surface area contributed by atoms with Crippen LogP contribution in [0.5, 0.6) is 0 Å². The van der Waals surface area contributed by atoms with E-state index in [1.54, 1.807) is 6.07 Å². The Balaban J connectivity index is 2.16. The fourth-order valence-corrected chi connectivity index (χ4v) is 2.36. The standard InChI is InChI=1S/C15H15N3O2/c1-9-5-3-4-6-12(9)18(2)13-8-11-14(7-10(13)16)20-15(19)17-11/h3-8H,16H2,1-2H3,(H,17,19). The highest BCUT2D eigenvalue weighted by molar-refractivity contribution is 5.88. The Morgan fingerprint density at radius 3 is 2.70 bits per heavy atom. The Morgan fingerprint density at radius 2 is 1.95 bits per heavy atom. The number of fused-ring (bicyclic) bond motifs is 1. The van der Waals surface area contributed by atoms with Crippen LogP contribution in [0.3, 0.4) is 0 Å². The minimum Gasteiger partial charge on any atom is -0.408 e. The van der Waals surface area contributed by atoms with E-state index in [0.29, 0.717) is 16.8 Å². The van der Waals surface area contributed by atoms with E-state index in [-0.39, 0.29) is 0 Å².